The lowest BCUT2D eigenvalue weighted by Gasteiger charge is -2.18. The summed E-state index contributed by atoms with van der Waals surface area (Å²) >= 11 is 0. The Balaban J connectivity index is 1.64. The van der Waals surface area contributed by atoms with Crippen molar-refractivity contribution in [2.75, 3.05) is 6.54 Å². The Morgan fingerprint density at radius 1 is 1.29 bits per heavy atom. The Bertz CT molecular complexity index is 439. The van der Waals surface area contributed by atoms with Crippen molar-refractivity contribution in [3.05, 3.63) is 18.0 Å². The second-order valence-corrected chi connectivity index (χ2v) is 7.34. The van der Waals surface area contributed by atoms with Crippen LogP contribution in [0.15, 0.2) is 12.3 Å². The van der Waals surface area contributed by atoms with E-state index in [1.54, 1.807) is 0 Å². The Hall–Kier alpha value is -0.830. The minimum atomic E-state index is 0.462. The molecule has 118 valence electrons. The lowest BCUT2D eigenvalue weighted by molar-refractivity contribution is 0.420. The highest BCUT2D eigenvalue weighted by Gasteiger charge is 2.53. The molecule has 0 saturated heterocycles. The zero-order valence-electron chi connectivity index (χ0n) is 13.9. The Labute approximate surface area is 129 Å². The molecule has 3 unspecified atom stereocenters. The summed E-state index contributed by atoms with van der Waals surface area (Å²) in [5.74, 6) is 2.95. The fourth-order valence-electron chi connectivity index (χ4n) is 4.32. The Morgan fingerprint density at radius 3 is 2.57 bits per heavy atom. The summed E-state index contributed by atoms with van der Waals surface area (Å²) in [7, 11) is 0. The lowest BCUT2D eigenvalue weighted by atomic mass is 10.0. The molecule has 2 aliphatic rings. The molecule has 1 aromatic heterocycles. The third kappa shape index (κ3) is 3.33. The van der Waals surface area contributed by atoms with E-state index >= 15 is 0 Å². The first-order chi connectivity index (χ1) is 10.2. The third-order valence-corrected chi connectivity index (χ3v) is 5.47. The molecule has 2 fully saturated rings. The van der Waals surface area contributed by atoms with Crippen molar-refractivity contribution in [2.24, 2.45) is 17.8 Å². The maximum Gasteiger partial charge on any atom is 0.0640 e. The molecular formula is C18H31N3. The largest absolute Gasteiger partial charge is 0.313 e. The van der Waals surface area contributed by atoms with E-state index in [1.807, 2.05) is 0 Å². The maximum absolute atomic E-state index is 4.76. The average Bonchev–Trinajstić information content (AvgIpc) is 3.01. The van der Waals surface area contributed by atoms with E-state index in [4.69, 9.17) is 5.10 Å². The standard InChI is InChI=1S/C18H31N3/c1-4-10-19-17(18-15-7-5-6-8-16(15)18)12-14-9-11-21(20-14)13(2)3/h9,11,13,15-19H,4-8,10,12H2,1-3H3. The molecule has 1 heterocycles. The lowest BCUT2D eigenvalue weighted by Crippen LogP contribution is -2.35. The zero-order chi connectivity index (χ0) is 14.8. The number of rotatable bonds is 7. The first kappa shape index (κ1) is 15.1. The minimum Gasteiger partial charge on any atom is -0.313 e. The van der Waals surface area contributed by atoms with Gasteiger partial charge in [0, 0.05) is 24.7 Å². The first-order valence-electron chi connectivity index (χ1n) is 8.98. The van der Waals surface area contributed by atoms with Crippen LogP contribution in [0.1, 0.15) is 64.6 Å². The van der Waals surface area contributed by atoms with Crippen LogP contribution in [0.2, 0.25) is 0 Å². The molecule has 1 N–H and O–H groups in total. The van der Waals surface area contributed by atoms with Gasteiger partial charge in [0.2, 0.25) is 0 Å². The van der Waals surface area contributed by atoms with Crippen LogP contribution in [0.25, 0.3) is 0 Å². The van der Waals surface area contributed by atoms with Gasteiger partial charge < -0.3 is 5.32 Å². The van der Waals surface area contributed by atoms with Gasteiger partial charge in [-0.3, -0.25) is 4.68 Å². The summed E-state index contributed by atoms with van der Waals surface area (Å²) in [6, 6.07) is 3.32. The van der Waals surface area contributed by atoms with E-state index in [1.165, 1.54) is 37.8 Å². The van der Waals surface area contributed by atoms with Crippen LogP contribution in [0, 0.1) is 17.8 Å². The monoisotopic (exact) mass is 289 g/mol. The molecule has 0 spiro atoms. The van der Waals surface area contributed by atoms with E-state index in [0.717, 1.165) is 30.7 Å². The van der Waals surface area contributed by atoms with Crippen LogP contribution in [0.4, 0.5) is 0 Å². The third-order valence-electron chi connectivity index (χ3n) is 5.47. The van der Waals surface area contributed by atoms with Crippen molar-refractivity contribution >= 4 is 0 Å². The average molecular weight is 289 g/mol. The molecule has 0 bridgehead atoms. The highest BCUT2D eigenvalue weighted by molar-refractivity contribution is 5.10. The molecule has 2 saturated carbocycles. The molecule has 2 aliphatic carbocycles. The van der Waals surface area contributed by atoms with Gasteiger partial charge in [0.15, 0.2) is 0 Å². The van der Waals surface area contributed by atoms with E-state index in [-0.39, 0.29) is 0 Å². The number of hydrogen-bond donors (Lipinski definition) is 1. The quantitative estimate of drug-likeness (QED) is 0.827. The summed E-state index contributed by atoms with van der Waals surface area (Å²) in [4.78, 5) is 0. The summed E-state index contributed by atoms with van der Waals surface area (Å²) in [6.45, 7) is 7.79. The first-order valence-corrected chi connectivity index (χ1v) is 8.98. The van der Waals surface area contributed by atoms with Gasteiger partial charge in [0.1, 0.15) is 0 Å². The summed E-state index contributed by atoms with van der Waals surface area (Å²) in [5.41, 5.74) is 1.26. The molecule has 0 amide bonds. The van der Waals surface area contributed by atoms with E-state index in [0.29, 0.717) is 12.1 Å². The van der Waals surface area contributed by atoms with Crippen LogP contribution in [-0.4, -0.2) is 22.4 Å². The highest BCUT2D eigenvalue weighted by atomic mass is 15.3. The second-order valence-electron chi connectivity index (χ2n) is 7.34. The maximum atomic E-state index is 4.76. The van der Waals surface area contributed by atoms with Crippen LogP contribution in [0.3, 0.4) is 0 Å². The van der Waals surface area contributed by atoms with Crippen LogP contribution in [0.5, 0.6) is 0 Å². The van der Waals surface area contributed by atoms with Crippen molar-refractivity contribution in [2.45, 2.75) is 71.4 Å². The molecule has 0 radical (unpaired) electrons. The Morgan fingerprint density at radius 2 is 2.00 bits per heavy atom. The zero-order valence-corrected chi connectivity index (χ0v) is 13.9. The van der Waals surface area contributed by atoms with Gasteiger partial charge in [-0.15, -0.1) is 0 Å². The number of nitrogens with zero attached hydrogens (tertiary/aromatic N) is 2. The number of hydrogen-bond acceptors (Lipinski definition) is 2. The van der Waals surface area contributed by atoms with Crippen molar-refractivity contribution < 1.29 is 0 Å². The van der Waals surface area contributed by atoms with Crippen LogP contribution >= 0.6 is 0 Å². The SMILES string of the molecule is CCCNC(Cc1ccn(C(C)C)n1)C1C2CCCCC21. The summed E-state index contributed by atoms with van der Waals surface area (Å²) in [6.07, 6.45) is 10.3. The predicted octanol–water partition coefficient (Wildman–Crippen LogP) is 3.81. The number of nitrogens with one attached hydrogen (secondary N) is 1. The smallest absolute Gasteiger partial charge is 0.0640 e. The summed E-state index contributed by atoms with van der Waals surface area (Å²) in [5, 5.41) is 8.59. The highest BCUT2D eigenvalue weighted by Crippen LogP contribution is 2.57. The van der Waals surface area contributed by atoms with Gasteiger partial charge >= 0.3 is 0 Å². The fourth-order valence-corrected chi connectivity index (χ4v) is 4.32. The normalized spacial score (nSPS) is 29.4. The van der Waals surface area contributed by atoms with Gasteiger partial charge in [-0.05, 0) is 63.5 Å². The summed E-state index contributed by atoms with van der Waals surface area (Å²) < 4.78 is 2.09. The molecule has 3 atom stereocenters. The number of aromatic nitrogens is 2. The minimum absolute atomic E-state index is 0.462. The van der Waals surface area contributed by atoms with Crippen LogP contribution < -0.4 is 5.32 Å². The van der Waals surface area contributed by atoms with E-state index < -0.39 is 0 Å². The molecule has 3 rings (SSSR count). The van der Waals surface area contributed by atoms with E-state index in [9.17, 15) is 0 Å². The van der Waals surface area contributed by atoms with Crippen LogP contribution in [-0.2, 0) is 6.42 Å². The van der Waals surface area contributed by atoms with Crippen molar-refractivity contribution in [3.8, 4) is 0 Å². The van der Waals surface area contributed by atoms with Crippen molar-refractivity contribution in [3.63, 3.8) is 0 Å². The molecule has 1 aromatic rings. The topological polar surface area (TPSA) is 29.9 Å². The second kappa shape index (κ2) is 6.51. The van der Waals surface area contributed by atoms with Crippen molar-refractivity contribution in [1.82, 2.24) is 15.1 Å². The molecule has 3 heteroatoms. The Kier molecular flexibility index (Phi) is 4.68. The molecule has 21 heavy (non-hydrogen) atoms. The number of fused-ring (bicyclic) bond motifs is 1. The van der Waals surface area contributed by atoms with Gasteiger partial charge in [-0.1, -0.05) is 19.8 Å². The van der Waals surface area contributed by atoms with Gasteiger partial charge in [0.25, 0.3) is 0 Å². The molecule has 3 nitrogen and oxygen atoms in total. The molecular weight excluding hydrogens is 258 g/mol. The van der Waals surface area contributed by atoms with Crippen molar-refractivity contribution in [1.29, 1.82) is 0 Å². The van der Waals surface area contributed by atoms with E-state index in [2.05, 4.69) is 43.0 Å². The fraction of sp³-hybridized carbons (Fsp3) is 0.833. The van der Waals surface area contributed by atoms with Gasteiger partial charge in [0.05, 0.1) is 5.69 Å². The van der Waals surface area contributed by atoms with Gasteiger partial charge in [-0.2, -0.15) is 5.10 Å². The molecule has 0 aromatic carbocycles. The van der Waals surface area contributed by atoms with Gasteiger partial charge in [-0.25, -0.2) is 0 Å². The molecule has 0 aliphatic heterocycles. The predicted molar refractivity (Wildman–Crippen MR) is 87.3 cm³/mol.